The quantitative estimate of drug-likeness (QED) is 0.886. The molecule has 0 aliphatic carbocycles. The van der Waals surface area contributed by atoms with Gasteiger partial charge in [-0.1, -0.05) is 11.6 Å². The van der Waals surface area contributed by atoms with Crippen molar-refractivity contribution in [2.45, 2.75) is 19.5 Å². The molecule has 1 aliphatic heterocycles. The molecular weight excluding hydrogens is 251 g/mol. The van der Waals surface area contributed by atoms with E-state index in [0.29, 0.717) is 6.04 Å². The highest BCUT2D eigenvalue weighted by molar-refractivity contribution is 7.14. The summed E-state index contributed by atoms with van der Waals surface area (Å²) in [6.07, 6.45) is 0. The number of piperazine rings is 1. The summed E-state index contributed by atoms with van der Waals surface area (Å²) in [5.74, 6) is 0. The van der Waals surface area contributed by atoms with Gasteiger partial charge in [-0.25, -0.2) is 0 Å². The lowest BCUT2D eigenvalue weighted by Gasteiger charge is -2.31. The zero-order valence-electron chi connectivity index (χ0n) is 8.70. The molecule has 2 rings (SSSR count). The smallest absolute Gasteiger partial charge is 0.0973 e. The van der Waals surface area contributed by atoms with Crippen LogP contribution in [-0.2, 0) is 6.54 Å². The summed E-state index contributed by atoms with van der Waals surface area (Å²) >= 11 is 7.69. The Labute approximate surface area is 106 Å². The van der Waals surface area contributed by atoms with E-state index < -0.39 is 0 Å². The van der Waals surface area contributed by atoms with Gasteiger partial charge in [-0.3, -0.25) is 4.90 Å². The van der Waals surface area contributed by atoms with Crippen LogP contribution >= 0.6 is 35.3 Å². The molecule has 1 aromatic rings. The summed E-state index contributed by atoms with van der Waals surface area (Å²) in [6.45, 7) is 6.54. The first kappa shape index (κ1) is 13.3. The van der Waals surface area contributed by atoms with E-state index in [0.717, 1.165) is 30.5 Å². The van der Waals surface area contributed by atoms with Gasteiger partial charge in [-0.15, -0.1) is 23.7 Å². The van der Waals surface area contributed by atoms with Gasteiger partial charge in [-0.05, 0) is 23.9 Å². The summed E-state index contributed by atoms with van der Waals surface area (Å²) in [7, 11) is 0. The van der Waals surface area contributed by atoms with Crippen molar-refractivity contribution in [1.29, 1.82) is 0 Å². The maximum absolute atomic E-state index is 6.07. The molecule has 2 nitrogen and oxygen atoms in total. The number of rotatable bonds is 2. The highest BCUT2D eigenvalue weighted by atomic mass is 35.5. The summed E-state index contributed by atoms with van der Waals surface area (Å²) < 4.78 is 0.941. The third kappa shape index (κ3) is 3.61. The van der Waals surface area contributed by atoms with Crippen LogP contribution in [0.4, 0.5) is 0 Å². The minimum Gasteiger partial charge on any atom is -0.312 e. The van der Waals surface area contributed by atoms with Crippen LogP contribution in [0.25, 0.3) is 0 Å². The molecule has 0 radical (unpaired) electrons. The van der Waals surface area contributed by atoms with Crippen molar-refractivity contribution < 1.29 is 0 Å². The molecule has 5 heteroatoms. The normalized spacial score (nSPS) is 22.4. The molecule has 0 bridgehead atoms. The highest BCUT2D eigenvalue weighted by Crippen LogP contribution is 2.24. The van der Waals surface area contributed by atoms with Gasteiger partial charge < -0.3 is 5.32 Å². The number of thiophene rings is 1. The predicted octanol–water partition coefficient (Wildman–Crippen LogP) is 2.62. The predicted molar refractivity (Wildman–Crippen MR) is 69.3 cm³/mol. The molecule has 0 amide bonds. The number of nitrogens with one attached hydrogen (secondary N) is 1. The molecule has 1 fully saturated rings. The second-order valence-electron chi connectivity index (χ2n) is 3.81. The van der Waals surface area contributed by atoms with Gasteiger partial charge in [0.05, 0.1) is 4.34 Å². The SMILES string of the molecule is C[C@@H]1CN(Cc2ccsc2Cl)CCN1.Cl. The molecule has 1 N–H and O–H groups in total. The zero-order chi connectivity index (χ0) is 9.97. The number of hydrogen-bond acceptors (Lipinski definition) is 3. The second kappa shape index (κ2) is 6.06. The Bertz CT molecular complexity index is 303. The third-order valence-electron chi connectivity index (χ3n) is 2.54. The van der Waals surface area contributed by atoms with E-state index in [9.17, 15) is 0 Å². The first-order valence-electron chi connectivity index (χ1n) is 4.93. The summed E-state index contributed by atoms with van der Waals surface area (Å²) in [4.78, 5) is 2.45. The number of hydrogen-bond donors (Lipinski definition) is 1. The lowest BCUT2D eigenvalue weighted by Crippen LogP contribution is -2.48. The van der Waals surface area contributed by atoms with Crippen molar-refractivity contribution in [3.63, 3.8) is 0 Å². The molecule has 15 heavy (non-hydrogen) atoms. The average molecular weight is 267 g/mol. The zero-order valence-corrected chi connectivity index (χ0v) is 11.1. The van der Waals surface area contributed by atoms with Crippen molar-refractivity contribution in [3.8, 4) is 0 Å². The fraction of sp³-hybridized carbons (Fsp3) is 0.600. The van der Waals surface area contributed by atoms with Crippen molar-refractivity contribution in [3.05, 3.63) is 21.3 Å². The molecule has 0 spiro atoms. The molecule has 1 atom stereocenters. The Balaban J connectivity index is 0.00000112. The molecule has 0 saturated carbocycles. The Morgan fingerprint density at radius 3 is 3.07 bits per heavy atom. The van der Waals surface area contributed by atoms with E-state index in [-0.39, 0.29) is 12.4 Å². The van der Waals surface area contributed by atoms with Crippen LogP contribution in [-0.4, -0.2) is 30.6 Å². The topological polar surface area (TPSA) is 15.3 Å². The third-order valence-corrected chi connectivity index (χ3v) is 3.79. The van der Waals surface area contributed by atoms with Gasteiger partial charge >= 0.3 is 0 Å². The maximum Gasteiger partial charge on any atom is 0.0973 e. The maximum atomic E-state index is 6.07. The van der Waals surface area contributed by atoms with E-state index in [1.165, 1.54) is 5.56 Å². The van der Waals surface area contributed by atoms with E-state index >= 15 is 0 Å². The van der Waals surface area contributed by atoms with Crippen LogP contribution in [0.3, 0.4) is 0 Å². The molecule has 1 saturated heterocycles. The Morgan fingerprint density at radius 1 is 1.67 bits per heavy atom. The molecule has 1 aromatic heterocycles. The van der Waals surface area contributed by atoms with Crippen molar-refractivity contribution in [1.82, 2.24) is 10.2 Å². The minimum absolute atomic E-state index is 0. The number of halogens is 2. The highest BCUT2D eigenvalue weighted by Gasteiger charge is 2.16. The Kier molecular flexibility index (Phi) is 5.36. The van der Waals surface area contributed by atoms with Crippen LogP contribution in [0.2, 0.25) is 4.34 Å². The van der Waals surface area contributed by atoms with Crippen molar-refractivity contribution >= 4 is 35.3 Å². The molecular formula is C10H16Cl2N2S. The summed E-state index contributed by atoms with van der Waals surface area (Å²) in [5, 5.41) is 5.49. The van der Waals surface area contributed by atoms with Crippen LogP contribution in [0, 0.1) is 0 Å². The second-order valence-corrected chi connectivity index (χ2v) is 5.33. The molecule has 0 unspecified atom stereocenters. The van der Waals surface area contributed by atoms with Gasteiger partial charge in [-0.2, -0.15) is 0 Å². The Hall–Kier alpha value is 0.200. The number of nitrogens with zero attached hydrogens (tertiary/aromatic N) is 1. The van der Waals surface area contributed by atoms with E-state index in [1.807, 2.05) is 0 Å². The molecule has 2 heterocycles. The average Bonchev–Trinajstić information content (AvgIpc) is 2.52. The van der Waals surface area contributed by atoms with Gasteiger partial charge in [0.25, 0.3) is 0 Å². The van der Waals surface area contributed by atoms with Gasteiger partial charge in [0.15, 0.2) is 0 Å². The van der Waals surface area contributed by atoms with Crippen LogP contribution < -0.4 is 5.32 Å². The standard InChI is InChI=1S/C10H15ClN2S.ClH/c1-8-6-13(4-3-12-8)7-9-2-5-14-10(9)11;/h2,5,8,12H,3-4,6-7H2,1H3;1H/t8-;/m1./s1. The summed E-state index contributed by atoms with van der Waals surface area (Å²) in [6, 6.07) is 2.72. The lowest BCUT2D eigenvalue weighted by atomic mass is 10.2. The monoisotopic (exact) mass is 266 g/mol. The van der Waals surface area contributed by atoms with Crippen molar-refractivity contribution in [2.75, 3.05) is 19.6 Å². The fourth-order valence-corrected chi connectivity index (χ4v) is 2.74. The molecule has 0 aromatic carbocycles. The van der Waals surface area contributed by atoms with E-state index in [1.54, 1.807) is 11.3 Å². The van der Waals surface area contributed by atoms with Gasteiger partial charge in [0, 0.05) is 32.2 Å². The first-order valence-corrected chi connectivity index (χ1v) is 6.19. The van der Waals surface area contributed by atoms with Gasteiger partial charge in [0.2, 0.25) is 0 Å². The van der Waals surface area contributed by atoms with Crippen molar-refractivity contribution in [2.24, 2.45) is 0 Å². The lowest BCUT2D eigenvalue weighted by molar-refractivity contribution is 0.200. The molecule has 86 valence electrons. The minimum atomic E-state index is 0. The largest absolute Gasteiger partial charge is 0.312 e. The van der Waals surface area contributed by atoms with Crippen LogP contribution in [0.15, 0.2) is 11.4 Å². The first-order chi connectivity index (χ1) is 6.75. The van der Waals surface area contributed by atoms with Gasteiger partial charge in [0.1, 0.15) is 0 Å². The van der Waals surface area contributed by atoms with E-state index in [2.05, 4.69) is 28.6 Å². The fourth-order valence-electron chi connectivity index (χ4n) is 1.83. The van der Waals surface area contributed by atoms with E-state index in [4.69, 9.17) is 11.6 Å². The van der Waals surface area contributed by atoms with Crippen LogP contribution in [0.1, 0.15) is 12.5 Å². The summed E-state index contributed by atoms with van der Waals surface area (Å²) in [5.41, 5.74) is 1.27. The molecule has 1 aliphatic rings. The van der Waals surface area contributed by atoms with Crippen LogP contribution in [0.5, 0.6) is 0 Å². The Morgan fingerprint density at radius 2 is 2.47 bits per heavy atom.